The van der Waals surface area contributed by atoms with Crippen LogP contribution in [0.25, 0.3) is 0 Å². The number of nitrogens with two attached hydrogens (primary N) is 1. The number of ether oxygens (including phenoxy) is 1. The number of para-hydroxylation sites is 1. The summed E-state index contributed by atoms with van der Waals surface area (Å²) in [6.45, 7) is 3.16. The number of carbonyl (C=O) groups is 1. The van der Waals surface area contributed by atoms with Gasteiger partial charge in [-0.25, -0.2) is 9.97 Å². The molecule has 132 valence electrons. The number of anilines is 2. The maximum Gasteiger partial charge on any atom is 0.257 e. The normalized spacial score (nSPS) is 15.3. The first-order valence-electron chi connectivity index (χ1n) is 8.17. The monoisotopic (exact) mass is 361 g/mol. The molecule has 8 heteroatoms. The van der Waals surface area contributed by atoms with E-state index in [0.29, 0.717) is 17.2 Å². The number of hydrogen-bond acceptors (Lipinski definition) is 6. The largest absolute Gasteiger partial charge is 0.489 e. The van der Waals surface area contributed by atoms with Crippen molar-refractivity contribution in [3.8, 4) is 5.75 Å². The van der Waals surface area contributed by atoms with Crippen molar-refractivity contribution in [1.29, 1.82) is 0 Å². The van der Waals surface area contributed by atoms with Crippen LogP contribution in [0.1, 0.15) is 23.2 Å². The van der Waals surface area contributed by atoms with Crippen molar-refractivity contribution in [2.45, 2.75) is 12.8 Å². The molecule has 3 N–H and O–H groups in total. The second-order valence-electron chi connectivity index (χ2n) is 5.72. The zero-order chi connectivity index (χ0) is 17.6. The number of fused-ring (bicyclic) bond motifs is 1. The fraction of sp³-hybridized carbons (Fsp3) is 0.353. The quantitative estimate of drug-likeness (QED) is 0.810. The predicted molar refractivity (Wildman–Crippen MR) is 97.0 cm³/mol. The molecule has 3 heterocycles. The van der Waals surface area contributed by atoms with Gasteiger partial charge in [0.2, 0.25) is 5.95 Å². The maximum absolute atomic E-state index is 12.3. The molecule has 4 rings (SSSR count). The summed E-state index contributed by atoms with van der Waals surface area (Å²) in [5.41, 5.74) is 6.77. The molecule has 1 amide bonds. The summed E-state index contributed by atoms with van der Waals surface area (Å²) in [5.74, 6) is 1.06. The number of rotatable bonds is 1. The summed E-state index contributed by atoms with van der Waals surface area (Å²) >= 11 is 5.43. The van der Waals surface area contributed by atoms with Crippen LogP contribution >= 0.6 is 11.6 Å². The lowest BCUT2D eigenvalue weighted by Crippen LogP contribution is -2.29. The van der Waals surface area contributed by atoms with Gasteiger partial charge in [0.25, 0.3) is 5.91 Å². The van der Waals surface area contributed by atoms with E-state index in [-0.39, 0.29) is 11.9 Å². The van der Waals surface area contributed by atoms with Crippen molar-refractivity contribution >= 4 is 29.1 Å². The third-order valence-corrected chi connectivity index (χ3v) is 4.14. The molecule has 2 aliphatic rings. The van der Waals surface area contributed by atoms with Gasteiger partial charge in [0.15, 0.2) is 5.75 Å². The number of nitrogens with zero attached hydrogens (tertiary/aromatic N) is 3. The first-order valence-corrected chi connectivity index (χ1v) is 8.55. The van der Waals surface area contributed by atoms with Gasteiger partial charge in [-0.05, 0) is 25.0 Å². The third kappa shape index (κ3) is 4.30. The molecule has 1 aromatic heterocycles. The molecular weight excluding hydrogens is 342 g/mol. The Morgan fingerprint density at radius 3 is 2.64 bits per heavy atom. The second-order valence-corrected chi connectivity index (χ2v) is 6.15. The van der Waals surface area contributed by atoms with Gasteiger partial charge in [0, 0.05) is 19.6 Å². The number of aromatic nitrogens is 2. The van der Waals surface area contributed by atoms with Gasteiger partial charge in [-0.2, -0.15) is 0 Å². The van der Waals surface area contributed by atoms with E-state index in [1.165, 1.54) is 12.4 Å². The SMILES string of the molecule is Nc1ncc(Cl)cn1.O=C(c1cccc2c1OCCN2)N1CCCC1. The Bertz CT molecular complexity index is 711. The Balaban J connectivity index is 0.000000192. The average molecular weight is 362 g/mol. The van der Waals surface area contributed by atoms with Crippen LogP contribution in [-0.2, 0) is 0 Å². The average Bonchev–Trinajstić information content (AvgIpc) is 3.18. The Hall–Kier alpha value is -2.54. The molecule has 0 spiro atoms. The summed E-state index contributed by atoms with van der Waals surface area (Å²) in [6.07, 6.45) is 5.12. The zero-order valence-corrected chi connectivity index (χ0v) is 14.5. The Labute approximate surface area is 151 Å². The van der Waals surface area contributed by atoms with Crippen molar-refractivity contribution in [3.63, 3.8) is 0 Å². The molecule has 1 aromatic carbocycles. The Morgan fingerprint density at radius 2 is 1.96 bits per heavy atom. The zero-order valence-electron chi connectivity index (χ0n) is 13.7. The van der Waals surface area contributed by atoms with Gasteiger partial charge in [-0.1, -0.05) is 17.7 Å². The van der Waals surface area contributed by atoms with E-state index >= 15 is 0 Å². The summed E-state index contributed by atoms with van der Waals surface area (Å²) in [6, 6.07) is 5.71. The van der Waals surface area contributed by atoms with E-state index in [1.807, 2.05) is 23.1 Å². The predicted octanol–water partition coefficient (Wildman–Crippen LogP) is 2.44. The fourth-order valence-electron chi connectivity index (χ4n) is 2.75. The van der Waals surface area contributed by atoms with Crippen molar-refractivity contribution < 1.29 is 9.53 Å². The lowest BCUT2D eigenvalue weighted by molar-refractivity contribution is 0.0788. The lowest BCUT2D eigenvalue weighted by atomic mass is 10.1. The highest BCUT2D eigenvalue weighted by atomic mass is 35.5. The van der Waals surface area contributed by atoms with Crippen LogP contribution in [0, 0.1) is 0 Å². The Morgan fingerprint density at radius 1 is 1.24 bits per heavy atom. The van der Waals surface area contributed by atoms with E-state index in [2.05, 4.69) is 15.3 Å². The molecule has 0 aliphatic carbocycles. The molecule has 2 aliphatic heterocycles. The molecule has 1 fully saturated rings. The molecule has 7 nitrogen and oxygen atoms in total. The minimum Gasteiger partial charge on any atom is -0.489 e. The van der Waals surface area contributed by atoms with E-state index in [4.69, 9.17) is 22.1 Å². The highest BCUT2D eigenvalue weighted by Crippen LogP contribution is 2.32. The first kappa shape index (κ1) is 17.3. The van der Waals surface area contributed by atoms with E-state index in [0.717, 1.165) is 43.9 Å². The second kappa shape index (κ2) is 8.02. The van der Waals surface area contributed by atoms with Gasteiger partial charge >= 0.3 is 0 Å². The molecule has 1 saturated heterocycles. The van der Waals surface area contributed by atoms with Gasteiger partial charge in [0.05, 0.1) is 28.7 Å². The highest BCUT2D eigenvalue weighted by Gasteiger charge is 2.24. The minimum absolute atomic E-state index is 0.100. The number of likely N-dealkylation sites (tertiary alicyclic amines) is 1. The third-order valence-electron chi connectivity index (χ3n) is 3.94. The molecule has 0 bridgehead atoms. The Kier molecular flexibility index (Phi) is 5.55. The molecule has 0 unspecified atom stereocenters. The summed E-state index contributed by atoms with van der Waals surface area (Å²) in [4.78, 5) is 21.5. The molecule has 25 heavy (non-hydrogen) atoms. The van der Waals surface area contributed by atoms with Gasteiger partial charge in [-0.15, -0.1) is 0 Å². The fourth-order valence-corrected chi connectivity index (χ4v) is 2.85. The van der Waals surface area contributed by atoms with Gasteiger partial charge in [-0.3, -0.25) is 4.79 Å². The summed E-state index contributed by atoms with van der Waals surface area (Å²) < 4.78 is 5.63. The number of halogens is 1. The van der Waals surface area contributed by atoms with Crippen LogP contribution in [0.15, 0.2) is 30.6 Å². The number of amides is 1. The van der Waals surface area contributed by atoms with Gasteiger partial charge < -0.3 is 20.7 Å². The topological polar surface area (TPSA) is 93.4 Å². The number of benzene rings is 1. The van der Waals surface area contributed by atoms with Crippen LogP contribution in [0.2, 0.25) is 5.02 Å². The maximum atomic E-state index is 12.3. The molecule has 2 aromatic rings. The van der Waals surface area contributed by atoms with E-state index in [9.17, 15) is 4.79 Å². The first-order chi connectivity index (χ1) is 12.1. The molecule has 0 radical (unpaired) electrons. The summed E-state index contributed by atoms with van der Waals surface area (Å²) in [5, 5.41) is 3.75. The number of nitrogens with one attached hydrogen (secondary N) is 1. The van der Waals surface area contributed by atoms with E-state index in [1.54, 1.807) is 0 Å². The standard InChI is InChI=1S/C13H16N2O2.C4H4ClN3/c16-13(15-7-1-2-8-15)10-4-3-5-11-12(10)17-9-6-14-11;5-3-1-7-4(6)8-2-3/h3-5,14H,1-2,6-9H2;1-2H,(H2,6,7,8). The molecule has 0 atom stereocenters. The van der Waals surface area contributed by atoms with Crippen molar-refractivity contribution in [2.75, 3.05) is 37.3 Å². The minimum atomic E-state index is 0.100. The number of carbonyl (C=O) groups excluding carboxylic acids is 1. The number of nitrogen functional groups attached to an aromatic ring is 1. The van der Waals surface area contributed by atoms with Crippen molar-refractivity contribution in [3.05, 3.63) is 41.2 Å². The van der Waals surface area contributed by atoms with Crippen LogP contribution in [0.3, 0.4) is 0 Å². The van der Waals surface area contributed by atoms with Crippen LogP contribution in [0.5, 0.6) is 5.75 Å². The smallest absolute Gasteiger partial charge is 0.257 e. The van der Waals surface area contributed by atoms with Crippen LogP contribution < -0.4 is 15.8 Å². The van der Waals surface area contributed by atoms with Crippen molar-refractivity contribution in [2.24, 2.45) is 0 Å². The van der Waals surface area contributed by atoms with Crippen LogP contribution in [0.4, 0.5) is 11.6 Å². The van der Waals surface area contributed by atoms with Crippen molar-refractivity contribution in [1.82, 2.24) is 14.9 Å². The molecular formula is C17H20ClN5O2. The lowest BCUT2D eigenvalue weighted by Gasteiger charge is -2.23. The highest BCUT2D eigenvalue weighted by molar-refractivity contribution is 6.30. The summed E-state index contributed by atoms with van der Waals surface area (Å²) in [7, 11) is 0. The number of hydrogen-bond donors (Lipinski definition) is 2. The van der Waals surface area contributed by atoms with Gasteiger partial charge in [0.1, 0.15) is 6.61 Å². The molecule has 0 saturated carbocycles. The van der Waals surface area contributed by atoms with E-state index < -0.39 is 0 Å². The van der Waals surface area contributed by atoms with Crippen LogP contribution in [-0.4, -0.2) is 47.0 Å².